The molecule has 0 aliphatic rings. The number of nitrogens with one attached hydrogen (secondary N) is 2. The Labute approximate surface area is 177 Å². The van der Waals surface area contributed by atoms with Crippen LogP contribution in [0, 0.1) is 13.8 Å². The van der Waals surface area contributed by atoms with E-state index in [4.69, 9.17) is 4.42 Å². The Bertz CT molecular complexity index is 1240. The number of carbonyl (C=O) groups excluding carboxylic acids is 2. The molecule has 4 rings (SSSR count). The molecule has 2 aromatic heterocycles. The molecule has 30 heavy (non-hydrogen) atoms. The minimum atomic E-state index is -0.141. The van der Waals surface area contributed by atoms with Gasteiger partial charge in [-0.3, -0.25) is 9.59 Å². The van der Waals surface area contributed by atoms with Crippen molar-refractivity contribution < 1.29 is 14.0 Å². The number of aryl methyl sites for hydroxylation is 2. The topological polar surface area (TPSA) is 84.2 Å². The number of rotatable bonds is 5. The molecule has 0 aliphatic carbocycles. The lowest BCUT2D eigenvalue weighted by atomic mass is 10.0. The van der Waals surface area contributed by atoms with Gasteiger partial charge in [0.25, 0.3) is 0 Å². The van der Waals surface area contributed by atoms with Crippen molar-refractivity contribution in [3.05, 3.63) is 64.7 Å². The normalized spacial score (nSPS) is 10.9. The van der Waals surface area contributed by atoms with Crippen LogP contribution in [-0.4, -0.2) is 16.8 Å². The minimum Gasteiger partial charge on any atom is -0.464 e. The number of hydrogen-bond acceptors (Lipinski definition) is 5. The van der Waals surface area contributed by atoms with E-state index in [0.717, 1.165) is 44.6 Å². The van der Waals surface area contributed by atoms with Crippen LogP contribution in [0.4, 0.5) is 10.8 Å². The van der Waals surface area contributed by atoms with Crippen molar-refractivity contribution in [2.75, 3.05) is 10.6 Å². The van der Waals surface area contributed by atoms with E-state index in [1.807, 2.05) is 55.6 Å². The van der Waals surface area contributed by atoms with E-state index in [0.29, 0.717) is 5.13 Å². The summed E-state index contributed by atoms with van der Waals surface area (Å²) in [7, 11) is 0. The Kier molecular flexibility index (Phi) is 5.37. The Morgan fingerprint density at radius 1 is 1.07 bits per heavy atom. The number of hydrogen-bond donors (Lipinski definition) is 2. The largest absolute Gasteiger partial charge is 0.464 e. The van der Waals surface area contributed by atoms with Crippen molar-refractivity contribution in [1.29, 1.82) is 0 Å². The fraction of sp³-hybridized carbons (Fsp3) is 0.174. The van der Waals surface area contributed by atoms with Gasteiger partial charge in [-0.1, -0.05) is 24.3 Å². The lowest BCUT2D eigenvalue weighted by Gasteiger charge is -2.03. The Morgan fingerprint density at radius 2 is 1.83 bits per heavy atom. The first-order valence-corrected chi connectivity index (χ1v) is 10.4. The molecule has 0 bridgehead atoms. The molecule has 0 fully saturated rings. The number of amides is 2. The zero-order valence-corrected chi connectivity index (χ0v) is 17.7. The number of nitrogens with zero attached hydrogens (tertiary/aromatic N) is 1. The fourth-order valence-electron chi connectivity index (χ4n) is 3.25. The second-order valence-corrected chi connectivity index (χ2v) is 8.02. The van der Waals surface area contributed by atoms with Crippen molar-refractivity contribution in [2.24, 2.45) is 0 Å². The van der Waals surface area contributed by atoms with Crippen molar-refractivity contribution in [3.8, 4) is 11.3 Å². The van der Waals surface area contributed by atoms with Gasteiger partial charge in [0.2, 0.25) is 11.8 Å². The lowest BCUT2D eigenvalue weighted by Crippen LogP contribution is -2.14. The van der Waals surface area contributed by atoms with Crippen LogP contribution in [0.25, 0.3) is 22.2 Å². The predicted molar refractivity (Wildman–Crippen MR) is 120 cm³/mol. The van der Waals surface area contributed by atoms with Gasteiger partial charge in [0.1, 0.15) is 5.58 Å². The Morgan fingerprint density at radius 3 is 2.57 bits per heavy atom. The molecular weight excluding hydrogens is 398 g/mol. The first kappa shape index (κ1) is 19.8. The van der Waals surface area contributed by atoms with Gasteiger partial charge in [-0.2, -0.15) is 0 Å². The van der Waals surface area contributed by atoms with E-state index in [-0.39, 0.29) is 18.2 Å². The number of thiazole rings is 1. The van der Waals surface area contributed by atoms with Gasteiger partial charge < -0.3 is 15.1 Å². The van der Waals surface area contributed by atoms with Crippen molar-refractivity contribution in [2.45, 2.75) is 27.2 Å². The summed E-state index contributed by atoms with van der Waals surface area (Å²) in [4.78, 5) is 28.2. The molecule has 0 atom stereocenters. The van der Waals surface area contributed by atoms with Crippen LogP contribution >= 0.6 is 11.3 Å². The molecule has 2 N–H and O–H groups in total. The quantitative estimate of drug-likeness (QED) is 0.459. The maximum atomic E-state index is 12.5. The molecule has 0 aliphatic heterocycles. The molecule has 2 heterocycles. The molecule has 2 amide bonds. The van der Waals surface area contributed by atoms with Crippen molar-refractivity contribution >= 4 is 44.9 Å². The molecule has 0 radical (unpaired) electrons. The standard InChI is InChI=1S/C23H21N3O3S/c1-13-4-9-19-17(11-29-22(19)14(13)2)10-21(28)26-23-25-20(12-30-23)16-5-7-18(8-6-16)24-15(3)27/h4-9,11-12H,10H2,1-3H3,(H,24,27)(H,25,26,28). The van der Waals surface area contributed by atoms with E-state index in [1.54, 1.807) is 6.26 Å². The third-order valence-electron chi connectivity index (χ3n) is 4.94. The summed E-state index contributed by atoms with van der Waals surface area (Å²) in [5.74, 6) is -0.255. The fourth-order valence-corrected chi connectivity index (χ4v) is 3.99. The highest BCUT2D eigenvalue weighted by Crippen LogP contribution is 2.28. The molecule has 0 saturated heterocycles. The number of aromatic nitrogens is 1. The first-order chi connectivity index (χ1) is 14.4. The summed E-state index contributed by atoms with van der Waals surface area (Å²) in [5, 5.41) is 9.00. The Hall–Kier alpha value is -3.45. The Balaban J connectivity index is 1.44. The van der Waals surface area contributed by atoms with Crippen LogP contribution < -0.4 is 10.6 Å². The third kappa shape index (κ3) is 4.11. The van der Waals surface area contributed by atoms with E-state index in [1.165, 1.54) is 18.3 Å². The number of benzene rings is 2. The summed E-state index contributed by atoms with van der Waals surface area (Å²) in [6.45, 7) is 5.53. The van der Waals surface area contributed by atoms with Gasteiger partial charge in [-0.05, 0) is 37.1 Å². The molecular formula is C23H21N3O3S. The highest BCUT2D eigenvalue weighted by Gasteiger charge is 2.14. The molecule has 0 unspecified atom stereocenters. The summed E-state index contributed by atoms with van der Waals surface area (Å²) < 4.78 is 5.69. The van der Waals surface area contributed by atoms with Gasteiger partial charge in [0, 0.05) is 34.5 Å². The zero-order valence-electron chi connectivity index (χ0n) is 16.9. The zero-order chi connectivity index (χ0) is 21.3. The number of carbonyl (C=O) groups is 2. The highest BCUT2D eigenvalue weighted by molar-refractivity contribution is 7.14. The van der Waals surface area contributed by atoms with Gasteiger partial charge in [0.15, 0.2) is 5.13 Å². The third-order valence-corrected chi connectivity index (χ3v) is 5.70. The first-order valence-electron chi connectivity index (χ1n) is 9.50. The molecule has 4 aromatic rings. The van der Waals surface area contributed by atoms with Crippen molar-refractivity contribution in [1.82, 2.24) is 4.98 Å². The average Bonchev–Trinajstić information content (AvgIpc) is 3.32. The van der Waals surface area contributed by atoms with Gasteiger partial charge in [-0.25, -0.2) is 4.98 Å². The second-order valence-electron chi connectivity index (χ2n) is 7.17. The maximum Gasteiger partial charge on any atom is 0.230 e. The molecule has 0 spiro atoms. The lowest BCUT2D eigenvalue weighted by molar-refractivity contribution is -0.116. The molecule has 7 heteroatoms. The highest BCUT2D eigenvalue weighted by atomic mass is 32.1. The minimum absolute atomic E-state index is 0.114. The van der Waals surface area contributed by atoms with Crippen molar-refractivity contribution in [3.63, 3.8) is 0 Å². The van der Waals surface area contributed by atoms with Gasteiger partial charge >= 0.3 is 0 Å². The summed E-state index contributed by atoms with van der Waals surface area (Å²) in [5.41, 5.74) is 6.35. The van der Waals surface area contributed by atoms with E-state index < -0.39 is 0 Å². The van der Waals surface area contributed by atoms with Gasteiger partial charge in [-0.15, -0.1) is 11.3 Å². The van der Waals surface area contributed by atoms with Crippen LogP contribution in [0.15, 0.2) is 52.5 Å². The van der Waals surface area contributed by atoms with E-state index in [9.17, 15) is 9.59 Å². The average molecular weight is 420 g/mol. The number of furan rings is 1. The summed E-state index contributed by atoms with van der Waals surface area (Å²) in [6.07, 6.45) is 1.87. The molecule has 2 aromatic carbocycles. The van der Waals surface area contributed by atoms with Gasteiger partial charge in [0.05, 0.1) is 18.4 Å². The van der Waals surface area contributed by atoms with E-state index >= 15 is 0 Å². The molecule has 0 saturated carbocycles. The van der Waals surface area contributed by atoms with Crippen LogP contribution in [0.1, 0.15) is 23.6 Å². The summed E-state index contributed by atoms with van der Waals surface area (Å²) >= 11 is 1.37. The second kappa shape index (κ2) is 8.12. The van der Waals surface area contributed by atoms with Crippen LogP contribution in [0.5, 0.6) is 0 Å². The van der Waals surface area contributed by atoms with Crippen LogP contribution in [-0.2, 0) is 16.0 Å². The number of anilines is 2. The molecule has 6 nitrogen and oxygen atoms in total. The summed E-state index contributed by atoms with van der Waals surface area (Å²) in [6, 6.07) is 11.4. The SMILES string of the molecule is CC(=O)Nc1ccc(-c2csc(NC(=O)Cc3coc4c(C)c(C)ccc34)n2)cc1. The number of fused-ring (bicyclic) bond motifs is 1. The smallest absolute Gasteiger partial charge is 0.230 e. The van der Waals surface area contributed by atoms with Crippen LogP contribution in [0.3, 0.4) is 0 Å². The van der Waals surface area contributed by atoms with E-state index in [2.05, 4.69) is 15.6 Å². The maximum absolute atomic E-state index is 12.5. The predicted octanol–water partition coefficient (Wildman–Crippen LogP) is 5.31. The van der Waals surface area contributed by atoms with Crippen LogP contribution in [0.2, 0.25) is 0 Å². The molecule has 152 valence electrons. The monoisotopic (exact) mass is 419 g/mol.